The fraction of sp³-hybridized carbons (Fsp3) is 0.364. The Hall–Kier alpha value is -2.25. The minimum Gasteiger partial charge on any atom is -0.481 e. The SMILES string of the molecule is CC(C)(CNc1cc(F)cc(F)c1[N+](=O)[O-])C(=O)O. The highest BCUT2D eigenvalue weighted by Crippen LogP contribution is 2.30. The molecule has 0 atom stereocenters. The average molecular weight is 274 g/mol. The van der Waals surface area contributed by atoms with Crippen LogP contribution < -0.4 is 5.32 Å². The summed E-state index contributed by atoms with van der Waals surface area (Å²) in [7, 11) is 0. The van der Waals surface area contributed by atoms with Crippen molar-refractivity contribution in [3.05, 3.63) is 33.9 Å². The first-order valence-electron chi connectivity index (χ1n) is 5.26. The van der Waals surface area contributed by atoms with E-state index in [2.05, 4.69) is 5.32 Å². The molecule has 1 aromatic rings. The van der Waals surface area contributed by atoms with Gasteiger partial charge in [0.1, 0.15) is 11.5 Å². The number of aliphatic carboxylic acids is 1. The lowest BCUT2D eigenvalue weighted by Gasteiger charge is -2.20. The first kappa shape index (κ1) is 14.8. The Kier molecular flexibility index (Phi) is 4.03. The van der Waals surface area contributed by atoms with Gasteiger partial charge in [0.2, 0.25) is 5.82 Å². The van der Waals surface area contributed by atoms with E-state index >= 15 is 0 Å². The van der Waals surface area contributed by atoms with Crippen LogP contribution >= 0.6 is 0 Å². The molecule has 0 radical (unpaired) electrons. The van der Waals surface area contributed by atoms with E-state index in [1.54, 1.807) is 0 Å². The molecule has 19 heavy (non-hydrogen) atoms. The van der Waals surface area contributed by atoms with E-state index in [0.29, 0.717) is 6.07 Å². The number of rotatable bonds is 5. The third-order valence-corrected chi connectivity index (χ3v) is 2.51. The van der Waals surface area contributed by atoms with Gasteiger partial charge in [0.25, 0.3) is 0 Å². The molecule has 0 aromatic heterocycles. The van der Waals surface area contributed by atoms with Crippen LogP contribution in [-0.2, 0) is 4.79 Å². The van der Waals surface area contributed by atoms with Crippen molar-refractivity contribution >= 4 is 17.3 Å². The predicted octanol–water partition coefficient (Wildman–Crippen LogP) is 2.40. The molecule has 0 amide bonds. The van der Waals surface area contributed by atoms with Crippen molar-refractivity contribution in [1.29, 1.82) is 0 Å². The highest BCUT2D eigenvalue weighted by Gasteiger charge is 2.29. The van der Waals surface area contributed by atoms with Gasteiger partial charge in [0.05, 0.1) is 10.3 Å². The maximum atomic E-state index is 13.3. The molecule has 0 heterocycles. The van der Waals surface area contributed by atoms with Crippen LogP contribution in [0.2, 0.25) is 0 Å². The second-order valence-electron chi connectivity index (χ2n) is 4.58. The molecule has 0 saturated heterocycles. The van der Waals surface area contributed by atoms with Gasteiger partial charge in [-0.05, 0) is 13.8 Å². The number of benzene rings is 1. The van der Waals surface area contributed by atoms with Gasteiger partial charge in [-0.2, -0.15) is 4.39 Å². The summed E-state index contributed by atoms with van der Waals surface area (Å²) >= 11 is 0. The van der Waals surface area contributed by atoms with Crippen LogP contribution in [0.1, 0.15) is 13.8 Å². The van der Waals surface area contributed by atoms with Gasteiger partial charge in [-0.3, -0.25) is 14.9 Å². The quantitative estimate of drug-likeness (QED) is 0.635. The van der Waals surface area contributed by atoms with Crippen molar-refractivity contribution in [3.8, 4) is 0 Å². The summed E-state index contributed by atoms with van der Waals surface area (Å²) in [5, 5.41) is 22.0. The summed E-state index contributed by atoms with van der Waals surface area (Å²) in [5.41, 5.74) is -2.55. The molecule has 0 aliphatic heterocycles. The average Bonchev–Trinajstić information content (AvgIpc) is 2.24. The second kappa shape index (κ2) is 5.17. The number of nitrogens with zero attached hydrogens (tertiary/aromatic N) is 1. The normalized spacial score (nSPS) is 11.2. The highest BCUT2D eigenvalue weighted by atomic mass is 19.1. The summed E-state index contributed by atoms with van der Waals surface area (Å²) in [6.07, 6.45) is 0. The summed E-state index contributed by atoms with van der Waals surface area (Å²) in [5.74, 6) is -3.45. The van der Waals surface area contributed by atoms with E-state index in [4.69, 9.17) is 5.11 Å². The second-order valence-corrected chi connectivity index (χ2v) is 4.58. The number of carbonyl (C=O) groups is 1. The number of nitro groups is 1. The number of anilines is 1. The van der Waals surface area contributed by atoms with Gasteiger partial charge < -0.3 is 10.4 Å². The van der Waals surface area contributed by atoms with Crippen molar-refractivity contribution in [2.24, 2.45) is 5.41 Å². The Morgan fingerprint density at radius 1 is 1.47 bits per heavy atom. The number of nitrogens with one attached hydrogen (secondary N) is 1. The molecular formula is C11H12F2N2O4. The highest BCUT2D eigenvalue weighted by molar-refractivity contribution is 5.75. The van der Waals surface area contributed by atoms with Crippen LogP contribution in [0.25, 0.3) is 0 Å². The van der Waals surface area contributed by atoms with E-state index in [9.17, 15) is 23.7 Å². The molecule has 104 valence electrons. The largest absolute Gasteiger partial charge is 0.481 e. The number of halogens is 2. The standard InChI is InChI=1S/C11H12F2N2O4/c1-11(2,10(16)17)5-14-8-4-6(12)3-7(13)9(8)15(18)19/h3-4,14H,5H2,1-2H3,(H,16,17). The van der Waals surface area contributed by atoms with E-state index < -0.39 is 39.3 Å². The molecule has 0 aliphatic carbocycles. The van der Waals surface area contributed by atoms with Gasteiger partial charge in [0, 0.05) is 18.7 Å². The molecule has 0 saturated carbocycles. The van der Waals surface area contributed by atoms with E-state index in [1.807, 2.05) is 0 Å². The Bertz CT molecular complexity index is 532. The smallest absolute Gasteiger partial charge is 0.327 e. The zero-order valence-electron chi connectivity index (χ0n) is 10.2. The molecule has 0 unspecified atom stereocenters. The third-order valence-electron chi connectivity index (χ3n) is 2.51. The first-order valence-corrected chi connectivity index (χ1v) is 5.26. The van der Waals surface area contributed by atoms with E-state index in [-0.39, 0.29) is 6.54 Å². The number of carboxylic acid groups (broad SMARTS) is 1. The van der Waals surface area contributed by atoms with Crippen LogP contribution in [-0.4, -0.2) is 22.5 Å². The lowest BCUT2D eigenvalue weighted by atomic mass is 9.94. The first-order chi connectivity index (χ1) is 8.65. The Labute approximate surface area is 107 Å². The summed E-state index contributed by atoms with van der Waals surface area (Å²) in [6, 6.07) is 1.14. The minimum atomic E-state index is -1.32. The molecule has 0 aliphatic rings. The fourth-order valence-electron chi connectivity index (χ4n) is 1.28. The van der Waals surface area contributed by atoms with E-state index in [1.165, 1.54) is 13.8 Å². The molecule has 2 N–H and O–H groups in total. The molecular weight excluding hydrogens is 262 g/mol. The fourth-order valence-corrected chi connectivity index (χ4v) is 1.28. The van der Waals surface area contributed by atoms with Gasteiger partial charge in [-0.15, -0.1) is 0 Å². The monoisotopic (exact) mass is 274 g/mol. The maximum Gasteiger partial charge on any atom is 0.327 e. The van der Waals surface area contributed by atoms with Crippen molar-refractivity contribution in [2.75, 3.05) is 11.9 Å². The van der Waals surface area contributed by atoms with Crippen LogP contribution in [0, 0.1) is 27.2 Å². The van der Waals surface area contributed by atoms with Crippen LogP contribution in [0.15, 0.2) is 12.1 Å². The van der Waals surface area contributed by atoms with Gasteiger partial charge in [-0.1, -0.05) is 0 Å². The number of hydrogen-bond donors (Lipinski definition) is 2. The maximum absolute atomic E-state index is 13.3. The zero-order valence-corrected chi connectivity index (χ0v) is 10.2. The van der Waals surface area contributed by atoms with Gasteiger partial charge >= 0.3 is 11.7 Å². The van der Waals surface area contributed by atoms with E-state index in [0.717, 1.165) is 6.07 Å². The van der Waals surface area contributed by atoms with Gasteiger partial charge in [0.15, 0.2) is 0 Å². The predicted molar refractivity (Wildman–Crippen MR) is 62.9 cm³/mol. The minimum absolute atomic E-state index is 0.216. The van der Waals surface area contributed by atoms with Crippen molar-refractivity contribution < 1.29 is 23.6 Å². The lowest BCUT2D eigenvalue weighted by Crippen LogP contribution is -2.32. The molecule has 1 rings (SSSR count). The molecule has 8 heteroatoms. The van der Waals surface area contributed by atoms with Crippen LogP contribution in [0.3, 0.4) is 0 Å². The molecule has 0 fully saturated rings. The summed E-state index contributed by atoms with van der Waals surface area (Å²) in [4.78, 5) is 20.6. The topological polar surface area (TPSA) is 92.5 Å². The Balaban J connectivity index is 3.07. The summed E-state index contributed by atoms with van der Waals surface area (Å²) < 4.78 is 26.3. The summed E-state index contributed by atoms with van der Waals surface area (Å²) in [6.45, 7) is 2.54. The zero-order chi connectivity index (χ0) is 14.8. The molecule has 1 aromatic carbocycles. The van der Waals surface area contributed by atoms with Crippen molar-refractivity contribution in [1.82, 2.24) is 0 Å². The number of carboxylic acids is 1. The van der Waals surface area contributed by atoms with Crippen LogP contribution in [0.5, 0.6) is 0 Å². The molecule has 0 bridgehead atoms. The third kappa shape index (κ3) is 3.36. The number of nitro benzene ring substituents is 1. The van der Waals surface area contributed by atoms with Crippen molar-refractivity contribution in [3.63, 3.8) is 0 Å². The Morgan fingerprint density at radius 3 is 2.53 bits per heavy atom. The molecule has 0 spiro atoms. The Morgan fingerprint density at radius 2 is 2.05 bits per heavy atom. The van der Waals surface area contributed by atoms with Crippen LogP contribution in [0.4, 0.5) is 20.2 Å². The number of hydrogen-bond acceptors (Lipinski definition) is 4. The van der Waals surface area contributed by atoms with Gasteiger partial charge in [-0.25, -0.2) is 4.39 Å². The molecule has 6 nitrogen and oxygen atoms in total. The van der Waals surface area contributed by atoms with Crippen molar-refractivity contribution in [2.45, 2.75) is 13.8 Å². The lowest BCUT2D eigenvalue weighted by molar-refractivity contribution is -0.386.